The maximum absolute atomic E-state index is 13.0. The number of nitrogens with one attached hydrogen (secondary N) is 2. The summed E-state index contributed by atoms with van der Waals surface area (Å²) in [7, 11) is 0. The van der Waals surface area contributed by atoms with E-state index in [4.69, 9.17) is 9.47 Å². The van der Waals surface area contributed by atoms with Gasteiger partial charge in [0.15, 0.2) is 0 Å². The molecule has 1 aliphatic carbocycles. The Labute approximate surface area is 228 Å². The van der Waals surface area contributed by atoms with Crippen molar-refractivity contribution in [2.75, 3.05) is 31.3 Å². The molecular weight excluding hydrogens is 502 g/mol. The van der Waals surface area contributed by atoms with Gasteiger partial charge in [-0.15, -0.1) is 11.8 Å². The van der Waals surface area contributed by atoms with Gasteiger partial charge in [0.2, 0.25) is 5.91 Å². The minimum absolute atomic E-state index is 0.0163. The fraction of sp³-hybridized carbons (Fsp3) is 0.483. The van der Waals surface area contributed by atoms with E-state index < -0.39 is 23.8 Å². The minimum atomic E-state index is -0.655. The number of rotatable bonds is 9. The number of carbonyl (C=O) groups is 3. The SMILES string of the molecule is CC(C)(C)OC(=O)N[C@@H](CCCCNC(=O)OCC1c2ccccc2-c2ccccc21)C(=O)N1CCSC1. The number of fused-ring (bicyclic) bond motifs is 3. The Kier molecular flexibility index (Phi) is 9.20. The van der Waals surface area contributed by atoms with Crippen molar-refractivity contribution in [3.05, 3.63) is 59.7 Å². The first-order chi connectivity index (χ1) is 18.2. The van der Waals surface area contributed by atoms with Crippen molar-refractivity contribution in [2.45, 2.75) is 57.6 Å². The topological polar surface area (TPSA) is 97.0 Å². The standard InChI is InChI=1S/C29H37N3O5S/c1-29(2,3)37-28(35)31-25(26(33)32-16-17-38-19-32)14-8-9-15-30-27(34)36-18-24-22-12-6-4-10-20(22)21-11-5-7-13-23(21)24/h4-7,10-13,24-25H,8-9,14-19H2,1-3H3,(H,30,34)(H,31,35)/t25-/m0/s1. The van der Waals surface area contributed by atoms with Crippen LogP contribution in [0, 0.1) is 0 Å². The molecule has 1 saturated heterocycles. The zero-order valence-corrected chi connectivity index (χ0v) is 23.1. The van der Waals surface area contributed by atoms with Gasteiger partial charge in [0.1, 0.15) is 18.2 Å². The van der Waals surface area contributed by atoms with Crippen molar-refractivity contribution in [3.63, 3.8) is 0 Å². The molecule has 9 heteroatoms. The van der Waals surface area contributed by atoms with Crippen LogP contribution in [0.25, 0.3) is 11.1 Å². The molecular formula is C29H37N3O5S. The average Bonchev–Trinajstić information content (AvgIpc) is 3.52. The summed E-state index contributed by atoms with van der Waals surface area (Å²) >= 11 is 1.70. The van der Waals surface area contributed by atoms with E-state index in [2.05, 4.69) is 34.9 Å². The van der Waals surface area contributed by atoms with Gasteiger partial charge in [-0.05, 0) is 62.3 Å². The van der Waals surface area contributed by atoms with E-state index in [1.807, 2.05) is 24.3 Å². The molecule has 38 heavy (non-hydrogen) atoms. The second-order valence-electron chi connectivity index (χ2n) is 10.6. The Morgan fingerprint density at radius 1 is 1.00 bits per heavy atom. The van der Waals surface area contributed by atoms with Crippen molar-refractivity contribution in [1.29, 1.82) is 0 Å². The van der Waals surface area contributed by atoms with E-state index in [1.54, 1.807) is 37.4 Å². The number of alkyl carbamates (subject to hydrolysis) is 2. The Morgan fingerprint density at radius 2 is 1.66 bits per heavy atom. The van der Waals surface area contributed by atoms with Crippen molar-refractivity contribution in [3.8, 4) is 11.1 Å². The number of carbonyl (C=O) groups excluding carboxylic acids is 3. The first-order valence-corrected chi connectivity index (χ1v) is 14.3. The molecule has 0 unspecified atom stereocenters. The highest BCUT2D eigenvalue weighted by Crippen LogP contribution is 2.44. The number of nitrogens with zero attached hydrogens (tertiary/aromatic N) is 1. The van der Waals surface area contributed by atoms with Gasteiger partial charge in [-0.1, -0.05) is 48.5 Å². The third-order valence-electron chi connectivity index (χ3n) is 6.59. The summed E-state index contributed by atoms with van der Waals surface area (Å²) in [6.07, 6.45) is 0.709. The molecule has 2 aromatic rings. The summed E-state index contributed by atoms with van der Waals surface area (Å²) in [6, 6.07) is 15.8. The second kappa shape index (κ2) is 12.6. The zero-order valence-electron chi connectivity index (χ0n) is 22.3. The summed E-state index contributed by atoms with van der Waals surface area (Å²) in [5, 5.41) is 5.56. The predicted molar refractivity (Wildman–Crippen MR) is 149 cm³/mol. The highest BCUT2D eigenvalue weighted by molar-refractivity contribution is 7.99. The van der Waals surface area contributed by atoms with E-state index in [0.29, 0.717) is 38.2 Å². The largest absolute Gasteiger partial charge is 0.449 e. The zero-order chi connectivity index (χ0) is 27.1. The summed E-state index contributed by atoms with van der Waals surface area (Å²) < 4.78 is 10.9. The number of hydrogen-bond acceptors (Lipinski definition) is 6. The Morgan fingerprint density at radius 3 is 2.26 bits per heavy atom. The van der Waals surface area contributed by atoms with Crippen LogP contribution < -0.4 is 10.6 Å². The molecule has 1 fully saturated rings. The van der Waals surface area contributed by atoms with Crippen LogP contribution >= 0.6 is 11.8 Å². The second-order valence-corrected chi connectivity index (χ2v) is 11.7. The molecule has 8 nitrogen and oxygen atoms in total. The van der Waals surface area contributed by atoms with Gasteiger partial charge in [-0.25, -0.2) is 9.59 Å². The van der Waals surface area contributed by atoms with E-state index >= 15 is 0 Å². The first-order valence-electron chi connectivity index (χ1n) is 13.2. The first kappa shape index (κ1) is 27.8. The van der Waals surface area contributed by atoms with Crippen molar-refractivity contribution >= 4 is 29.9 Å². The van der Waals surface area contributed by atoms with Gasteiger partial charge in [0.05, 0.1) is 5.88 Å². The molecule has 2 aromatic carbocycles. The van der Waals surface area contributed by atoms with Crippen LogP contribution in [0.2, 0.25) is 0 Å². The lowest BCUT2D eigenvalue weighted by molar-refractivity contribution is -0.132. The van der Waals surface area contributed by atoms with E-state index in [9.17, 15) is 14.4 Å². The molecule has 3 amide bonds. The summed E-state index contributed by atoms with van der Waals surface area (Å²) in [5.74, 6) is 1.46. The molecule has 2 aliphatic rings. The Balaban J connectivity index is 1.22. The number of unbranched alkanes of at least 4 members (excludes halogenated alkanes) is 1. The lowest BCUT2D eigenvalue weighted by Crippen LogP contribution is -2.49. The molecule has 1 heterocycles. The van der Waals surface area contributed by atoms with Crippen LogP contribution in [0.1, 0.15) is 57.1 Å². The quantitative estimate of drug-likeness (QED) is 0.429. The third-order valence-corrected chi connectivity index (χ3v) is 7.55. The Hall–Kier alpha value is -3.20. The molecule has 1 aliphatic heterocycles. The van der Waals surface area contributed by atoms with Crippen molar-refractivity contribution in [1.82, 2.24) is 15.5 Å². The molecule has 0 radical (unpaired) electrons. The molecule has 0 bridgehead atoms. The monoisotopic (exact) mass is 539 g/mol. The van der Waals surface area contributed by atoms with Gasteiger partial charge in [-0.3, -0.25) is 4.79 Å². The fourth-order valence-corrected chi connectivity index (χ4v) is 5.78. The van der Waals surface area contributed by atoms with Crippen molar-refractivity contribution < 1.29 is 23.9 Å². The van der Waals surface area contributed by atoms with Gasteiger partial charge in [0, 0.05) is 24.8 Å². The summed E-state index contributed by atoms with van der Waals surface area (Å²) in [5.41, 5.74) is 4.08. The summed E-state index contributed by atoms with van der Waals surface area (Å²) in [4.78, 5) is 39.5. The third kappa shape index (κ3) is 7.22. The number of thioether (sulfide) groups is 1. The molecule has 204 valence electrons. The van der Waals surface area contributed by atoms with Crippen LogP contribution in [0.15, 0.2) is 48.5 Å². The molecule has 1 atom stereocenters. The predicted octanol–water partition coefficient (Wildman–Crippen LogP) is 5.12. The average molecular weight is 540 g/mol. The van der Waals surface area contributed by atoms with Crippen LogP contribution in [0.4, 0.5) is 9.59 Å². The smallest absolute Gasteiger partial charge is 0.408 e. The maximum atomic E-state index is 13.0. The molecule has 2 N–H and O–H groups in total. The molecule has 0 spiro atoms. The Bertz CT molecular complexity index is 1100. The van der Waals surface area contributed by atoms with Gasteiger partial charge in [0.25, 0.3) is 0 Å². The lowest BCUT2D eigenvalue weighted by atomic mass is 9.98. The number of ether oxygens (including phenoxy) is 2. The van der Waals surface area contributed by atoms with Crippen LogP contribution in [0.3, 0.4) is 0 Å². The number of benzene rings is 2. The molecule has 4 rings (SSSR count). The van der Waals surface area contributed by atoms with E-state index in [1.165, 1.54) is 22.3 Å². The van der Waals surface area contributed by atoms with Gasteiger partial charge >= 0.3 is 12.2 Å². The maximum Gasteiger partial charge on any atom is 0.408 e. The van der Waals surface area contributed by atoms with Crippen molar-refractivity contribution in [2.24, 2.45) is 0 Å². The molecule has 0 saturated carbocycles. The van der Waals surface area contributed by atoms with Crippen LogP contribution in [-0.4, -0.2) is 66.0 Å². The normalized spacial score (nSPS) is 15.4. The van der Waals surface area contributed by atoms with Crippen LogP contribution in [0.5, 0.6) is 0 Å². The number of amides is 3. The van der Waals surface area contributed by atoms with E-state index in [-0.39, 0.29) is 18.4 Å². The van der Waals surface area contributed by atoms with Gasteiger partial charge in [-0.2, -0.15) is 0 Å². The number of hydrogen-bond donors (Lipinski definition) is 2. The van der Waals surface area contributed by atoms with Gasteiger partial charge < -0.3 is 25.0 Å². The lowest BCUT2D eigenvalue weighted by Gasteiger charge is -2.26. The molecule has 0 aromatic heterocycles. The summed E-state index contributed by atoms with van der Waals surface area (Å²) in [6.45, 7) is 6.73. The fourth-order valence-electron chi connectivity index (χ4n) is 4.83. The minimum Gasteiger partial charge on any atom is -0.449 e. The highest BCUT2D eigenvalue weighted by atomic mass is 32.2. The highest BCUT2D eigenvalue weighted by Gasteiger charge is 2.30. The van der Waals surface area contributed by atoms with Crippen LogP contribution in [-0.2, 0) is 14.3 Å². The van der Waals surface area contributed by atoms with E-state index in [0.717, 1.165) is 5.75 Å².